The van der Waals surface area contributed by atoms with E-state index in [9.17, 15) is 4.79 Å². The molecule has 0 N–H and O–H groups in total. The second kappa shape index (κ2) is 7.85. The zero-order chi connectivity index (χ0) is 17.6. The molecule has 0 saturated heterocycles. The molecule has 0 saturated carbocycles. The Morgan fingerprint density at radius 3 is 2.56 bits per heavy atom. The summed E-state index contributed by atoms with van der Waals surface area (Å²) in [5, 5.41) is 4.48. The quantitative estimate of drug-likeness (QED) is 0.478. The second-order valence-electron chi connectivity index (χ2n) is 5.24. The van der Waals surface area contributed by atoms with Crippen LogP contribution < -0.4 is 4.74 Å². The highest BCUT2D eigenvalue weighted by atomic mass is 35.5. The van der Waals surface area contributed by atoms with Crippen molar-refractivity contribution in [2.24, 2.45) is 0 Å². The molecule has 0 fully saturated rings. The fourth-order valence-corrected chi connectivity index (χ4v) is 2.52. The van der Waals surface area contributed by atoms with E-state index in [2.05, 4.69) is 5.16 Å². The lowest BCUT2D eigenvalue weighted by Crippen LogP contribution is -2.13. The molecule has 0 amide bonds. The van der Waals surface area contributed by atoms with E-state index in [0.717, 1.165) is 5.56 Å². The van der Waals surface area contributed by atoms with Gasteiger partial charge in [0.05, 0.1) is 5.02 Å². The first-order valence-corrected chi connectivity index (χ1v) is 8.11. The van der Waals surface area contributed by atoms with Crippen molar-refractivity contribution in [3.05, 3.63) is 70.9 Å². The molecule has 3 rings (SSSR count). The average molecular weight is 358 g/mol. The van der Waals surface area contributed by atoms with Crippen molar-refractivity contribution in [3.8, 4) is 17.0 Å². The van der Waals surface area contributed by atoms with Crippen molar-refractivity contribution >= 4 is 17.6 Å². The molecular weight excluding hydrogens is 342 g/mol. The monoisotopic (exact) mass is 357 g/mol. The predicted octanol–water partition coefficient (Wildman–Crippen LogP) is 4.54. The number of benzene rings is 2. The molecule has 0 atom stereocenters. The number of aromatic nitrogens is 1. The van der Waals surface area contributed by atoms with E-state index in [1.807, 2.05) is 42.5 Å². The smallest absolute Gasteiger partial charge is 0.344 e. The highest BCUT2D eigenvalue weighted by Gasteiger charge is 2.22. The minimum absolute atomic E-state index is 0.0862. The minimum atomic E-state index is -0.500. The fraction of sp³-hybridized carbons (Fsp3) is 0.158. The molecule has 0 aliphatic rings. The zero-order valence-electron chi connectivity index (χ0n) is 13.6. The fourth-order valence-electron chi connectivity index (χ4n) is 2.33. The number of para-hydroxylation sites is 1. The van der Waals surface area contributed by atoms with Gasteiger partial charge in [-0.25, -0.2) is 4.79 Å². The topological polar surface area (TPSA) is 61.6 Å². The van der Waals surface area contributed by atoms with Gasteiger partial charge in [0, 0.05) is 5.56 Å². The first-order valence-electron chi connectivity index (χ1n) is 7.73. The number of carbonyl (C=O) groups is 1. The van der Waals surface area contributed by atoms with Gasteiger partial charge in [0.2, 0.25) is 0 Å². The lowest BCUT2D eigenvalue weighted by Gasteiger charge is -2.08. The van der Waals surface area contributed by atoms with Gasteiger partial charge < -0.3 is 14.0 Å². The van der Waals surface area contributed by atoms with Crippen molar-refractivity contribution in [2.45, 2.75) is 6.92 Å². The van der Waals surface area contributed by atoms with Gasteiger partial charge in [-0.2, -0.15) is 0 Å². The van der Waals surface area contributed by atoms with Crippen LogP contribution in [-0.4, -0.2) is 24.3 Å². The summed E-state index contributed by atoms with van der Waals surface area (Å²) in [7, 11) is 0. The predicted molar refractivity (Wildman–Crippen MR) is 93.9 cm³/mol. The third-order valence-corrected chi connectivity index (χ3v) is 3.84. The van der Waals surface area contributed by atoms with Crippen LogP contribution in [-0.2, 0) is 4.74 Å². The number of aryl methyl sites for hydroxylation is 1. The maximum Gasteiger partial charge on any atom is 0.344 e. The molecule has 0 radical (unpaired) electrons. The van der Waals surface area contributed by atoms with Crippen molar-refractivity contribution < 1.29 is 18.8 Å². The van der Waals surface area contributed by atoms with Crippen LogP contribution in [0.4, 0.5) is 0 Å². The Morgan fingerprint density at radius 2 is 1.80 bits per heavy atom. The van der Waals surface area contributed by atoms with Crippen molar-refractivity contribution in [1.29, 1.82) is 0 Å². The molecule has 128 valence electrons. The number of ether oxygens (including phenoxy) is 2. The van der Waals surface area contributed by atoms with Gasteiger partial charge in [-0.05, 0) is 19.1 Å². The molecule has 25 heavy (non-hydrogen) atoms. The summed E-state index contributed by atoms with van der Waals surface area (Å²) in [6.45, 7) is 1.96. The minimum Gasteiger partial charge on any atom is -0.488 e. The molecule has 2 aromatic carbocycles. The van der Waals surface area contributed by atoms with Gasteiger partial charge in [0.1, 0.15) is 36.0 Å². The lowest BCUT2D eigenvalue weighted by molar-refractivity contribution is 0.0449. The molecule has 6 heteroatoms. The number of carbonyl (C=O) groups excluding carboxylic acids is 1. The highest BCUT2D eigenvalue weighted by molar-refractivity contribution is 6.32. The van der Waals surface area contributed by atoms with Crippen LogP contribution >= 0.6 is 11.6 Å². The normalized spacial score (nSPS) is 10.5. The molecule has 3 aromatic rings. The van der Waals surface area contributed by atoms with Gasteiger partial charge in [-0.1, -0.05) is 59.2 Å². The molecular formula is C19H16ClNO4. The Balaban J connectivity index is 1.62. The van der Waals surface area contributed by atoms with Crippen LogP contribution in [0.2, 0.25) is 5.02 Å². The molecule has 1 heterocycles. The molecule has 1 aromatic heterocycles. The number of halogens is 1. The first kappa shape index (κ1) is 17.0. The van der Waals surface area contributed by atoms with Crippen LogP contribution in [0.1, 0.15) is 16.1 Å². The van der Waals surface area contributed by atoms with Gasteiger partial charge in [-0.15, -0.1) is 0 Å². The van der Waals surface area contributed by atoms with Crippen LogP contribution in [0.25, 0.3) is 11.3 Å². The van der Waals surface area contributed by atoms with Crippen LogP contribution in [0.5, 0.6) is 5.75 Å². The van der Waals surface area contributed by atoms with Crippen molar-refractivity contribution in [2.75, 3.05) is 13.2 Å². The number of hydrogen-bond acceptors (Lipinski definition) is 5. The Bertz CT molecular complexity index is 861. The number of hydrogen-bond donors (Lipinski definition) is 0. The number of esters is 1. The molecule has 0 bridgehead atoms. The summed E-state index contributed by atoms with van der Waals surface area (Å²) in [5.41, 5.74) is 1.58. The summed E-state index contributed by atoms with van der Waals surface area (Å²) < 4.78 is 15.9. The third kappa shape index (κ3) is 4.00. The standard InChI is InChI=1S/C19H16ClNO4/c1-13-17(18(21-25-13)14-7-3-2-4-8-14)19(22)24-12-11-23-16-10-6-5-9-15(16)20/h2-10H,11-12H2,1H3. The van der Waals surface area contributed by atoms with E-state index in [1.165, 1.54) is 0 Å². The van der Waals surface area contributed by atoms with Gasteiger partial charge in [-0.3, -0.25) is 0 Å². The first-order chi connectivity index (χ1) is 12.2. The molecule has 0 aliphatic carbocycles. The van der Waals surface area contributed by atoms with Crippen molar-refractivity contribution in [3.63, 3.8) is 0 Å². The van der Waals surface area contributed by atoms with E-state index in [0.29, 0.717) is 27.8 Å². The van der Waals surface area contributed by atoms with E-state index in [4.69, 9.17) is 25.6 Å². The van der Waals surface area contributed by atoms with Gasteiger partial charge in [0.25, 0.3) is 0 Å². The third-order valence-electron chi connectivity index (χ3n) is 3.52. The number of nitrogens with zero attached hydrogens (tertiary/aromatic N) is 1. The summed E-state index contributed by atoms with van der Waals surface area (Å²) in [5.74, 6) is 0.461. The highest BCUT2D eigenvalue weighted by Crippen LogP contribution is 2.26. The van der Waals surface area contributed by atoms with Crippen LogP contribution in [0.3, 0.4) is 0 Å². The largest absolute Gasteiger partial charge is 0.488 e. The van der Waals surface area contributed by atoms with Crippen LogP contribution in [0.15, 0.2) is 59.1 Å². The van der Waals surface area contributed by atoms with Crippen LogP contribution in [0, 0.1) is 6.92 Å². The molecule has 0 aliphatic heterocycles. The zero-order valence-corrected chi connectivity index (χ0v) is 14.3. The van der Waals surface area contributed by atoms with E-state index < -0.39 is 5.97 Å². The van der Waals surface area contributed by atoms with Crippen molar-refractivity contribution in [1.82, 2.24) is 5.16 Å². The Labute approximate surface area is 150 Å². The van der Waals surface area contributed by atoms with Gasteiger partial charge >= 0.3 is 5.97 Å². The molecule has 5 nitrogen and oxygen atoms in total. The summed E-state index contributed by atoms with van der Waals surface area (Å²) >= 11 is 6.00. The molecule has 0 unspecified atom stereocenters. The summed E-state index contributed by atoms with van der Waals surface area (Å²) in [6, 6.07) is 16.5. The maximum atomic E-state index is 12.4. The second-order valence-corrected chi connectivity index (χ2v) is 5.65. The summed E-state index contributed by atoms with van der Waals surface area (Å²) in [6.07, 6.45) is 0. The van der Waals surface area contributed by atoms with E-state index in [1.54, 1.807) is 19.1 Å². The Hall–Kier alpha value is -2.79. The van der Waals surface area contributed by atoms with E-state index in [-0.39, 0.29) is 13.2 Å². The van der Waals surface area contributed by atoms with E-state index >= 15 is 0 Å². The van der Waals surface area contributed by atoms with Gasteiger partial charge in [0.15, 0.2) is 0 Å². The Kier molecular flexibility index (Phi) is 5.36. The average Bonchev–Trinajstić information content (AvgIpc) is 3.02. The molecule has 0 spiro atoms. The number of rotatable bonds is 6. The maximum absolute atomic E-state index is 12.4. The Morgan fingerprint density at radius 1 is 1.08 bits per heavy atom. The summed E-state index contributed by atoms with van der Waals surface area (Å²) in [4.78, 5) is 12.4. The SMILES string of the molecule is Cc1onc(-c2ccccc2)c1C(=O)OCCOc1ccccc1Cl. The lowest BCUT2D eigenvalue weighted by atomic mass is 10.1.